The molecule has 1 aliphatic rings. The van der Waals surface area contributed by atoms with Crippen LogP contribution in [-0.4, -0.2) is 43.5 Å². The lowest BCUT2D eigenvalue weighted by atomic mass is 10.1. The van der Waals surface area contributed by atoms with Crippen molar-refractivity contribution in [1.82, 2.24) is 15.5 Å². The van der Waals surface area contributed by atoms with Crippen molar-refractivity contribution >= 4 is 5.91 Å². The fraction of sp³-hybridized carbons (Fsp3) is 0.500. The average molecular weight is 301 g/mol. The molecule has 1 unspecified atom stereocenters. The molecule has 7 heteroatoms. The van der Waals surface area contributed by atoms with E-state index in [0.717, 1.165) is 24.2 Å². The lowest BCUT2D eigenvalue weighted by molar-refractivity contribution is -0.137. The number of carbonyl (C=O) groups is 1. The summed E-state index contributed by atoms with van der Waals surface area (Å²) in [5, 5.41) is 5.75. The van der Waals surface area contributed by atoms with Crippen LogP contribution in [0.3, 0.4) is 0 Å². The number of amides is 1. The number of carbonyl (C=O) groups excluding carboxylic acids is 1. The van der Waals surface area contributed by atoms with Crippen molar-refractivity contribution < 1.29 is 18.0 Å². The van der Waals surface area contributed by atoms with Gasteiger partial charge in [0.2, 0.25) is 5.91 Å². The molecule has 0 aliphatic carbocycles. The molecule has 1 amide bonds. The molecule has 0 saturated carbocycles. The summed E-state index contributed by atoms with van der Waals surface area (Å²) in [6.07, 6.45) is -4.32. The Hall–Kier alpha value is -1.60. The lowest BCUT2D eigenvalue weighted by Crippen LogP contribution is -2.56. The van der Waals surface area contributed by atoms with E-state index >= 15 is 0 Å². The summed E-state index contributed by atoms with van der Waals surface area (Å²) in [7, 11) is 1.58. The molecular weight excluding hydrogens is 283 g/mol. The van der Waals surface area contributed by atoms with E-state index in [-0.39, 0.29) is 11.9 Å². The van der Waals surface area contributed by atoms with E-state index in [1.165, 1.54) is 12.1 Å². The molecule has 21 heavy (non-hydrogen) atoms. The number of nitrogens with zero attached hydrogens (tertiary/aromatic N) is 1. The van der Waals surface area contributed by atoms with Crippen molar-refractivity contribution in [1.29, 1.82) is 0 Å². The molecule has 0 radical (unpaired) electrons. The Bertz CT molecular complexity index is 487. The number of halogens is 3. The largest absolute Gasteiger partial charge is 0.416 e. The minimum absolute atomic E-state index is 0.0888. The van der Waals surface area contributed by atoms with E-state index in [9.17, 15) is 18.0 Å². The van der Waals surface area contributed by atoms with E-state index in [2.05, 4.69) is 10.6 Å². The number of likely N-dealkylation sites (N-methyl/N-ethyl adjacent to an activating group) is 1. The van der Waals surface area contributed by atoms with Gasteiger partial charge in [0.25, 0.3) is 0 Å². The highest BCUT2D eigenvalue weighted by Gasteiger charge is 2.31. The van der Waals surface area contributed by atoms with Crippen LogP contribution in [-0.2, 0) is 17.5 Å². The molecule has 1 atom stereocenters. The molecule has 2 N–H and O–H groups in total. The van der Waals surface area contributed by atoms with Gasteiger partial charge in [-0.15, -0.1) is 0 Å². The maximum atomic E-state index is 12.5. The van der Waals surface area contributed by atoms with Gasteiger partial charge in [0.15, 0.2) is 0 Å². The molecule has 1 saturated heterocycles. The number of rotatable bonds is 3. The molecule has 4 nitrogen and oxygen atoms in total. The van der Waals surface area contributed by atoms with E-state index in [0.29, 0.717) is 19.6 Å². The first-order chi connectivity index (χ1) is 9.91. The van der Waals surface area contributed by atoms with Crippen LogP contribution < -0.4 is 10.6 Å². The van der Waals surface area contributed by atoms with Gasteiger partial charge in [-0.3, -0.25) is 9.69 Å². The molecule has 1 aromatic carbocycles. The van der Waals surface area contributed by atoms with Gasteiger partial charge in [0, 0.05) is 33.2 Å². The molecule has 2 rings (SSSR count). The fourth-order valence-corrected chi connectivity index (χ4v) is 2.39. The normalized spacial score (nSPS) is 20.3. The maximum Gasteiger partial charge on any atom is 0.416 e. The predicted octanol–water partition coefficient (Wildman–Crippen LogP) is 1.23. The van der Waals surface area contributed by atoms with E-state index in [1.807, 2.05) is 4.90 Å². The zero-order chi connectivity index (χ0) is 15.5. The average Bonchev–Trinajstić information content (AvgIpc) is 2.46. The first-order valence-corrected chi connectivity index (χ1v) is 6.74. The highest BCUT2D eigenvalue weighted by Crippen LogP contribution is 2.29. The number of hydrogen-bond donors (Lipinski definition) is 2. The van der Waals surface area contributed by atoms with Gasteiger partial charge in [-0.25, -0.2) is 0 Å². The molecule has 1 aromatic rings. The first-order valence-electron chi connectivity index (χ1n) is 6.74. The lowest BCUT2D eigenvalue weighted by Gasteiger charge is -2.34. The third kappa shape index (κ3) is 3.95. The van der Waals surface area contributed by atoms with Crippen LogP contribution in [0.2, 0.25) is 0 Å². The van der Waals surface area contributed by atoms with Crippen molar-refractivity contribution in [2.75, 3.05) is 26.7 Å². The topological polar surface area (TPSA) is 44.4 Å². The number of hydrogen-bond acceptors (Lipinski definition) is 3. The van der Waals surface area contributed by atoms with E-state index < -0.39 is 11.7 Å². The quantitative estimate of drug-likeness (QED) is 0.882. The van der Waals surface area contributed by atoms with Crippen molar-refractivity contribution in [2.45, 2.75) is 18.8 Å². The van der Waals surface area contributed by atoms with Gasteiger partial charge in [0.1, 0.15) is 6.04 Å². The molecule has 1 fully saturated rings. The maximum absolute atomic E-state index is 12.5. The van der Waals surface area contributed by atoms with Crippen LogP contribution in [0.15, 0.2) is 24.3 Å². The Kier molecular flexibility index (Phi) is 4.84. The summed E-state index contributed by atoms with van der Waals surface area (Å²) in [4.78, 5) is 13.8. The van der Waals surface area contributed by atoms with Gasteiger partial charge < -0.3 is 10.6 Å². The Labute approximate surface area is 121 Å². The summed E-state index contributed by atoms with van der Waals surface area (Å²) in [5.74, 6) is -0.0888. The van der Waals surface area contributed by atoms with Crippen LogP contribution in [0, 0.1) is 0 Å². The Morgan fingerprint density at radius 3 is 2.62 bits per heavy atom. The van der Waals surface area contributed by atoms with Crippen LogP contribution in [0.4, 0.5) is 13.2 Å². The fourth-order valence-electron chi connectivity index (χ4n) is 2.39. The van der Waals surface area contributed by atoms with Crippen LogP contribution in [0.25, 0.3) is 0 Å². The molecule has 1 heterocycles. The monoisotopic (exact) mass is 301 g/mol. The number of piperazine rings is 1. The van der Waals surface area contributed by atoms with Gasteiger partial charge in [-0.2, -0.15) is 13.2 Å². The van der Waals surface area contributed by atoms with Crippen molar-refractivity contribution in [2.24, 2.45) is 0 Å². The van der Waals surface area contributed by atoms with Crippen molar-refractivity contribution in [3.63, 3.8) is 0 Å². The summed E-state index contributed by atoms with van der Waals surface area (Å²) < 4.78 is 37.6. The molecule has 0 aromatic heterocycles. The van der Waals surface area contributed by atoms with Gasteiger partial charge >= 0.3 is 6.18 Å². The Balaban J connectivity index is 2.07. The van der Waals surface area contributed by atoms with Crippen LogP contribution in [0.1, 0.15) is 11.1 Å². The molecular formula is C14H18F3N3O. The molecule has 116 valence electrons. The van der Waals surface area contributed by atoms with E-state index in [1.54, 1.807) is 7.05 Å². The zero-order valence-corrected chi connectivity index (χ0v) is 11.7. The summed E-state index contributed by atoms with van der Waals surface area (Å²) in [6, 6.07) is 4.78. The minimum Gasteiger partial charge on any atom is -0.358 e. The van der Waals surface area contributed by atoms with Crippen LogP contribution >= 0.6 is 0 Å². The SMILES string of the molecule is CNC(=O)C1CNCCN1Cc1ccc(C(F)(F)F)cc1. The summed E-state index contributed by atoms with van der Waals surface area (Å²) in [5.41, 5.74) is 0.105. The number of benzene rings is 1. The molecule has 0 spiro atoms. The standard InChI is InChI=1S/C14H18F3N3O/c1-18-13(21)12-8-19-6-7-20(12)9-10-2-4-11(5-3-10)14(15,16)17/h2-5,12,19H,6-9H2,1H3,(H,18,21). The second-order valence-electron chi connectivity index (χ2n) is 5.00. The predicted molar refractivity (Wildman–Crippen MR) is 72.6 cm³/mol. The third-order valence-electron chi connectivity index (χ3n) is 3.57. The smallest absolute Gasteiger partial charge is 0.358 e. The van der Waals surface area contributed by atoms with Gasteiger partial charge in [-0.1, -0.05) is 12.1 Å². The van der Waals surface area contributed by atoms with Crippen LogP contribution in [0.5, 0.6) is 0 Å². The zero-order valence-electron chi connectivity index (χ0n) is 11.7. The van der Waals surface area contributed by atoms with Crippen molar-refractivity contribution in [3.05, 3.63) is 35.4 Å². The second-order valence-corrected chi connectivity index (χ2v) is 5.00. The molecule has 0 bridgehead atoms. The van der Waals surface area contributed by atoms with Gasteiger partial charge in [0.05, 0.1) is 5.56 Å². The van der Waals surface area contributed by atoms with Crippen molar-refractivity contribution in [3.8, 4) is 0 Å². The Morgan fingerprint density at radius 1 is 1.38 bits per heavy atom. The first kappa shape index (κ1) is 15.8. The highest BCUT2D eigenvalue weighted by molar-refractivity contribution is 5.81. The summed E-state index contributed by atoms with van der Waals surface area (Å²) >= 11 is 0. The summed E-state index contributed by atoms with van der Waals surface area (Å²) in [6.45, 7) is 2.44. The highest BCUT2D eigenvalue weighted by atomic mass is 19.4. The second kappa shape index (κ2) is 6.44. The minimum atomic E-state index is -4.32. The van der Waals surface area contributed by atoms with Gasteiger partial charge in [-0.05, 0) is 17.7 Å². The third-order valence-corrected chi connectivity index (χ3v) is 3.57. The number of alkyl halides is 3. The van der Waals surface area contributed by atoms with E-state index in [4.69, 9.17) is 0 Å². The Morgan fingerprint density at radius 2 is 2.05 bits per heavy atom. The number of nitrogens with one attached hydrogen (secondary N) is 2. The molecule has 1 aliphatic heterocycles.